The van der Waals surface area contributed by atoms with Crippen molar-refractivity contribution in [1.29, 1.82) is 0 Å². The lowest BCUT2D eigenvalue weighted by molar-refractivity contribution is 0.0980. The molecule has 0 aliphatic heterocycles. The van der Waals surface area contributed by atoms with Crippen LogP contribution in [-0.2, 0) is 0 Å². The highest BCUT2D eigenvalue weighted by Crippen LogP contribution is 2.23. The van der Waals surface area contributed by atoms with Gasteiger partial charge in [-0.15, -0.1) is 0 Å². The van der Waals surface area contributed by atoms with Gasteiger partial charge < -0.3 is 0 Å². The summed E-state index contributed by atoms with van der Waals surface area (Å²) >= 11 is 0. The Hall–Kier alpha value is -1.63. The Bertz CT molecular complexity index is 700. The molecule has 2 rings (SSSR count). The quantitative estimate of drug-likeness (QED) is 0.223. The van der Waals surface area contributed by atoms with Gasteiger partial charge in [-0.1, -0.05) is 114 Å². The van der Waals surface area contributed by atoms with E-state index in [9.17, 15) is 4.79 Å². The summed E-state index contributed by atoms with van der Waals surface area (Å²) < 4.78 is 0. The minimum Gasteiger partial charge on any atom is -0.294 e. The van der Waals surface area contributed by atoms with E-state index >= 15 is 0 Å². The highest BCUT2D eigenvalue weighted by atomic mass is 16.1. The van der Waals surface area contributed by atoms with Gasteiger partial charge >= 0.3 is 0 Å². The van der Waals surface area contributed by atoms with Crippen molar-refractivity contribution in [2.45, 2.75) is 104 Å². The number of aryl methyl sites for hydroxylation is 1. The maximum atomic E-state index is 12.7. The molecule has 0 spiro atoms. The molecule has 0 unspecified atom stereocenters. The van der Waals surface area contributed by atoms with Gasteiger partial charge in [0.2, 0.25) is 0 Å². The van der Waals surface area contributed by atoms with E-state index in [2.05, 4.69) is 38.1 Å². The van der Waals surface area contributed by atoms with Crippen molar-refractivity contribution < 1.29 is 4.79 Å². The first-order valence-electron chi connectivity index (χ1n) is 11.7. The summed E-state index contributed by atoms with van der Waals surface area (Å²) in [5.74, 6) is 0.308. The lowest BCUT2D eigenvalue weighted by Gasteiger charge is -2.08. The summed E-state index contributed by atoms with van der Waals surface area (Å²) in [5.41, 5.74) is 2.09. The van der Waals surface area contributed by atoms with E-state index in [0.29, 0.717) is 12.2 Å². The maximum Gasteiger partial charge on any atom is 0.163 e. The largest absolute Gasteiger partial charge is 0.294 e. The van der Waals surface area contributed by atoms with Crippen molar-refractivity contribution in [2.75, 3.05) is 0 Å². The van der Waals surface area contributed by atoms with Crippen LogP contribution >= 0.6 is 0 Å². The molecule has 0 aromatic heterocycles. The van der Waals surface area contributed by atoms with Crippen molar-refractivity contribution in [3.63, 3.8) is 0 Å². The average molecular weight is 381 g/mol. The summed E-state index contributed by atoms with van der Waals surface area (Å²) in [6.07, 6.45) is 18.1. The molecular formula is C27H40O. The molecule has 0 saturated carbocycles. The molecule has 0 bridgehead atoms. The fraction of sp³-hybridized carbons (Fsp3) is 0.593. The molecule has 0 N–H and O–H groups in total. The number of fused-ring (bicyclic) bond motifs is 1. The van der Waals surface area contributed by atoms with Gasteiger partial charge in [-0.2, -0.15) is 0 Å². The predicted molar refractivity (Wildman–Crippen MR) is 123 cm³/mol. The Labute approximate surface area is 172 Å². The molecule has 1 heteroatoms. The van der Waals surface area contributed by atoms with Crippen LogP contribution in [0.15, 0.2) is 36.4 Å². The SMILES string of the molecule is CCCCCCCCCCCCCCCC(=O)c1cc(C)cc2ccccc12. The zero-order chi connectivity index (χ0) is 20.0. The molecule has 28 heavy (non-hydrogen) atoms. The lowest BCUT2D eigenvalue weighted by atomic mass is 9.96. The van der Waals surface area contributed by atoms with Gasteiger partial charge in [-0.3, -0.25) is 4.79 Å². The molecule has 0 heterocycles. The number of hydrogen-bond acceptors (Lipinski definition) is 1. The third-order valence-corrected chi connectivity index (χ3v) is 5.81. The Morgan fingerprint density at radius 1 is 0.714 bits per heavy atom. The van der Waals surface area contributed by atoms with E-state index in [4.69, 9.17) is 0 Å². The summed E-state index contributed by atoms with van der Waals surface area (Å²) in [4.78, 5) is 12.7. The Balaban J connectivity index is 1.55. The fourth-order valence-electron chi connectivity index (χ4n) is 4.13. The minimum atomic E-state index is 0.308. The molecule has 0 atom stereocenters. The van der Waals surface area contributed by atoms with E-state index in [1.54, 1.807) is 0 Å². The standard InChI is InChI=1S/C27H40O/c1-3-4-5-6-7-8-9-10-11-12-13-14-15-20-27(28)26-22-23(2)21-24-18-16-17-19-25(24)26/h16-19,21-22H,3-15,20H2,1-2H3. The molecule has 0 amide bonds. The van der Waals surface area contributed by atoms with E-state index < -0.39 is 0 Å². The Morgan fingerprint density at radius 2 is 1.25 bits per heavy atom. The third-order valence-electron chi connectivity index (χ3n) is 5.81. The fourth-order valence-corrected chi connectivity index (χ4v) is 4.13. The molecule has 0 radical (unpaired) electrons. The van der Waals surface area contributed by atoms with Gasteiger partial charge in [-0.25, -0.2) is 0 Å². The smallest absolute Gasteiger partial charge is 0.163 e. The summed E-state index contributed by atoms with van der Waals surface area (Å²) in [6.45, 7) is 4.36. The van der Waals surface area contributed by atoms with Gasteiger partial charge in [-0.05, 0) is 35.7 Å². The molecule has 2 aromatic carbocycles. The van der Waals surface area contributed by atoms with Gasteiger partial charge in [0, 0.05) is 12.0 Å². The highest BCUT2D eigenvalue weighted by molar-refractivity contribution is 6.08. The first-order valence-corrected chi connectivity index (χ1v) is 11.7. The second-order valence-electron chi connectivity index (χ2n) is 8.45. The molecule has 0 fully saturated rings. The van der Waals surface area contributed by atoms with E-state index in [-0.39, 0.29) is 0 Å². The first kappa shape index (κ1) is 22.7. The van der Waals surface area contributed by atoms with Crippen LogP contribution in [0.5, 0.6) is 0 Å². The molecule has 154 valence electrons. The normalized spacial score (nSPS) is 11.2. The van der Waals surface area contributed by atoms with Crippen LogP contribution < -0.4 is 0 Å². The van der Waals surface area contributed by atoms with Gasteiger partial charge in [0.15, 0.2) is 5.78 Å². The van der Waals surface area contributed by atoms with Crippen LogP contribution in [0.2, 0.25) is 0 Å². The van der Waals surface area contributed by atoms with E-state index in [0.717, 1.165) is 17.4 Å². The van der Waals surface area contributed by atoms with Crippen molar-refractivity contribution >= 4 is 16.6 Å². The van der Waals surface area contributed by atoms with Crippen LogP contribution in [-0.4, -0.2) is 5.78 Å². The molecule has 0 aliphatic carbocycles. The summed E-state index contributed by atoms with van der Waals surface area (Å²) in [6, 6.07) is 12.5. The first-order chi connectivity index (χ1) is 13.7. The zero-order valence-corrected chi connectivity index (χ0v) is 18.3. The summed E-state index contributed by atoms with van der Waals surface area (Å²) in [5, 5.41) is 2.28. The number of benzene rings is 2. The Kier molecular flexibility index (Phi) is 10.9. The minimum absolute atomic E-state index is 0.308. The van der Waals surface area contributed by atoms with Crippen molar-refractivity contribution in [3.05, 3.63) is 47.5 Å². The number of carbonyl (C=O) groups excluding carboxylic acids is 1. The van der Waals surface area contributed by atoms with Crippen molar-refractivity contribution in [2.24, 2.45) is 0 Å². The van der Waals surface area contributed by atoms with Crippen LogP contribution in [0.1, 0.15) is 113 Å². The van der Waals surface area contributed by atoms with Gasteiger partial charge in [0.05, 0.1) is 0 Å². The molecule has 0 saturated heterocycles. The van der Waals surface area contributed by atoms with Crippen LogP contribution in [0.25, 0.3) is 10.8 Å². The number of Topliss-reactive ketones (excluding diaryl/α,β-unsaturated/α-hetero) is 1. The van der Waals surface area contributed by atoms with E-state index in [1.807, 2.05) is 12.1 Å². The van der Waals surface area contributed by atoms with Gasteiger partial charge in [0.1, 0.15) is 0 Å². The monoisotopic (exact) mass is 380 g/mol. The lowest BCUT2D eigenvalue weighted by Crippen LogP contribution is -2.01. The second kappa shape index (κ2) is 13.5. The van der Waals surface area contributed by atoms with Crippen LogP contribution in [0.4, 0.5) is 0 Å². The molecule has 0 aliphatic rings. The number of ketones is 1. The molecule has 1 nitrogen and oxygen atoms in total. The topological polar surface area (TPSA) is 17.1 Å². The van der Waals surface area contributed by atoms with Gasteiger partial charge in [0.25, 0.3) is 0 Å². The molecular weight excluding hydrogens is 340 g/mol. The number of rotatable bonds is 15. The van der Waals surface area contributed by atoms with E-state index in [1.165, 1.54) is 88.0 Å². The number of unbranched alkanes of at least 4 members (excludes halogenated alkanes) is 12. The predicted octanol–water partition coefficient (Wildman–Crippen LogP) is 8.81. The third kappa shape index (κ3) is 8.17. The number of carbonyl (C=O) groups is 1. The Morgan fingerprint density at radius 3 is 1.86 bits per heavy atom. The van der Waals surface area contributed by atoms with Crippen molar-refractivity contribution in [3.8, 4) is 0 Å². The second-order valence-corrected chi connectivity index (χ2v) is 8.45. The maximum absolute atomic E-state index is 12.7. The summed E-state index contributed by atoms with van der Waals surface area (Å²) in [7, 11) is 0. The van der Waals surface area contributed by atoms with Crippen LogP contribution in [0, 0.1) is 6.92 Å². The molecule has 2 aromatic rings. The number of hydrogen-bond donors (Lipinski definition) is 0. The van der Waals surface area contributed by atoms with Crippen LogP contribution in [0.3, 0.4) is 0 Å². The van der Waals surface area contributed by atoms with Crippen molar-refractivity contribution in [1.82, 2.24) is 0 Å². The average Bonchev–Trinajstić information content (AvgIpc) is 2.70. The zero-order valence-electron chi connectivity index (χ0n) is 18.3. The highest BCUT2D eigenvalue weighted by Gasteiger charge is 2.10.